The number of ether oxygens (including phenoxy) is 2. The normalized spacial score (nSPS) is 10.5. The van der Waals surface area contributed by atoms with Crippen molar-refractivity contribution < 1.29 is 14.3 Å². The van der Waals surface area contributed by atoms with Gasteiger partial charge in [0.1, 0.15) is 18.1 Å². The molecule has 0 aromatic heterocycles. The van der Waals surface area contributed by atoms with E-state index >= 15 is 0 Å². The average molecular weight is 370 g/mol. The molecule has 134 valence electrons. The summed E-state index contributed by atoms with van der Waals surface area (Å²) in [7, 11) is 0. The Hall–Kier alpha value is -2.72. The molecule has 3 rings (SSSR count). The van der Waals surface area contributed by atoms with Gasteiger partial charge >= 0.3 is 0 Å². The molecule has 0 bridgehead atoms. The molecule has 3 aromatic rings. The molecule has 0 atom stereocenters. The van der Waals surface area contributed by atoms with Crippen LogP contribution in [0.4, 0.5) is 0 Å². The molecule has 0 aliphatic carbocycles. The van der Waals surface area contributed by atoms with Crippen LogP contribution in [0.5, 0.6) is 11.5 Å². The Morgan fingerprint density at radius 1 is 1.00 bits per heavy atom. The van der Waals surface area contributed by atoms with Crippen LogP contribution in [0.1, 0.15) is 5.56 Å². The van der Waals surface area contributed by atoms with Crippen molar-refractivity contribution in [3.8, 4) is 11.5 Å². The van der Waals surface area contributed by atoms with E-state index in [1.165, 1.54) is 0 Å². The zero-order valence-electron chi connectivity index (χ0n) is 14.5. The molecule has 1 amide bonds. The highest BCUT2D eigenvalue weighted by Gasteiger charge is 2.06. The van der Waals surface area contributed by atoms with Gasteiger partial charge in [-0.3, -0.25) is 4.79 Å². The van der Waals surface area contributed by atoms with Crippen LogP contribution in [0.25, 0.3) is 10.8 Å². The van der Waals surface area contributed by atoms with Gasteiger partial charge in [-0.25, -0.2) is 0 Å². The zero-order valence-corrected chi connectivity index (χ0v) is 15.3. The fraction of sp³-hybridized carbons (Fsp3) is 0.190. The predicted octanol–water partition coefficient (Wildman–Crippen LogP) is 4.38. The second kappa shape index (κ2) is 8.59. The maximum absolute atomic E-state index is 11.9. The number of hydrogen-bond donors (Lipinski definition) is 1. The van der Waals surface area contributed by atoms with Crippen LogP contribution in [0.2, 0.25) is 5.02 Å². The molecule has 1 N–H and O–H groups in total. The second-order valence-corrected chi connectivity index (χ2v) is 6.31. The number of aryl methyl sites for hydroxylation is 1. The van der Waals surface area contributed by atoms with Crippen LogP contribution in [0.3, 0.4) is 0 Å². The largest absolute Gasteiger partial charge is 0.491 e. The molecule has 0 fully saturated rings. The fourth-order valence-electron chi connectivity index (χ4n) is 2.64. The van der Waals surface area contributed by atoms with Crippen LogP contribution >= 0.6 is 11.6 Å². The van der Waals surface area contributed by atoms with Crippen LogP contribution in [0, 0.1) is 6.92 Å². The summed E-state index contributed by atoms with van der Waals surface area (Å²) in [5.74, 6) is 1.27. The first-order valence-electron chi connectivity index (χ1n) is 8.40. The number of carbonyl (C=O) groups is 1. The van der Waals surface area contributed by atoms with E-state index in [0.717, 1.165) is 22.1 Å². The average Bonchev–Trinajstić information content (AvgIpc) is 2.64. The molecule has 0 saturated heterocycles. The number of halogens is 1. The quantitative estimate of drug-likeness (QED) is 0.629. The molecule has 0 aliphatic heterocycles. The summed E-state index contributed by atoms with van der Waals surface area (Å²) >= 11 is 5.90. The van der Waals surface area contributed by atoms with Crippen molar-refractivity contribution in [3.63, 3.8) is 0 Å². The number of benzene rings is 3. The van der Waals surface area contributed by atoms with Crippen molar-refractivity contribution in [2.24, 2.45) is 0 Å². The van der Waals surface area contributed by atoms with Crippen LogP contribution in [-0.2, 0) is 4.79 Å². The van der Waals surface area contributed by atoms with Gasteiger partial charge in [-0.15, -0.1) is 0 Å². The lowest BCUT2D eigenvalue weighted by Crippen LogP contribution is -2.32. The van der Waals surface area contributed by atoms with Crippen molar-refractivity contribution in [1.82, 2.24) is 5.32 Å². The standard InChI is InChI=1S/C21H20ClNO3/c1-15-13-17(22)9-10-19(15)26-14-21(24)23-11-12-25-20-8-4-6-16-5-2-3-7-18(16)20/h2-10,13H,11-12,14H2,1H3,(H,23,24). The Bertz CT molecular complexity index is 905. The van der Waals surface area contributed by atoms with Gasteiger partial charge in [0.05, 0.1) is 6.54 Å². The molecular formula is C21H20ClNO3. The summed E-state index contributed by atoms with van der Waals surface area (Å²) in [6.45, 7) is 2.64. The highest BCUT2D eigenvalue weighted by Crippen LogP contribution is 2.25. The van der Waals surface area contributed by atoms with Gasteiger partial charge in [0.15, 0.2) is 6.61 Å². The summed E-state index contributed by atoms with van der Waals surface area (Å²) in [6, 6.07) is 19.3. The van der Waals surface area contributed by atoms with Gasteiger partial charge < -0.3 is 14.8 Å². The molecule has 0 unspecified atom stereocenters. The number of nitrogens with one attached hydrogen (secondary N) is 1. The van der Waals surface area contributed by atoms with Crippen molar-refractivity contribution in [2.45, 2.75) is 6.92 Å². The molecular weight excluding hydrogens is 350 g/mol. The first kappa shape index (κ1) is 18.1. The molecule has 4 nitrogen and oxygen atoms in total. The first-order valence-corrected chi connectivity index (χ1v) is 8.77. The maximum atomic E-state index is 11.9. The molecule has 0 spiro atoms. The minimum Gasteiger partial charge on any atom is -0.491 e. The Morgan fingerprint density at radius 2 is 1.81 bits per heavy atom. The number of carbonyl (C=O) groups excluding carboxylic acids is 1. The van der Waals surface area contributed by atoms with Crippen molar-refractivity contribution in [1.29, 1.82) is 0 Å². The Labute approximate surface area is 157 Å². The molecule has 0 heterocycles. The lowest BCUT2D eigenvalue weighted by Gasteiger charge is -2.11. The molecule has 3 aromatic carbocycles. The SMILES string of the molecule is Cc1cc(Cl)ccc1OCC(=O)NCCOc1cccc2ccccc12. The van der Waals surface area contributed by atoms with Crippen LogP contribution in [0.15, 0.2) is 60.7 Å². The molecule has 0 saturated carbocycles. The summed E-state index contributed by atoms with van der Waals surface area (Å²) in [5, 5.41) is 5.61. The minimum absolute atomic E-state index is 0.0449. The lowest BCUT2D eigenvalue weighted by molar-refractivity contribution is -0.123. The summed E-state index contributed by atoms with van der Waals surface area (Å²) in [4.78, 5) is 11.9. The number of fused-ring (bicyclic) bond motifs is 1. The first-order chi connectivity index (χ1) is 12.6. The van der Waals surface area contributed by atoms with E-state index in [0.29, 0.717) is 23.9 Å². The number of rotatable bonds is 7. The Balaban J connectivity index is 1.44. The minimum atomic E-state index is -0.194. The monoisotopic (exact) mass is 369 g/mol. The predicted molar refractivity (Wildman–Crippen MR) is 104 cm³/mol. The molecule has 0 aliphatic rings. The highest BCUT2D eigenvalue weighted by atomic mass is 35.5. The zero-order chi connectivity index (χ0) is 18.4. The van der Waals surface area contributed by atoms with Gasteiger partial charge in [-0.05, 0) is 42.1 Å². The van der Waals surface area contributed by atoms with Gasteiger partial charge in [0.2, 0.25) is 0 Å². The third-order valence-corrected chi connectivity index (χ3v) is 4.16. The third-order valence-electron chi connectivity index (χ3n) is 3.93. The number of amides is 1. The van der Waals surface area contributed by atoms with Gasteiger partial charge in [0, 0.05) is 10.4 Å². The summed E-state index contributed by atoms with van der Waals surface area (Å²) < 4.78 is 11.3. The van der Waals surface area contributed by atoms with Gasteiger partial charge in [0.25, 0.3) is 5.91 Å². The van der Waals surface area contributed by atoms with Gasteiger partial charge in [-0.2, -0.15) is 0 Å². The van der Waals surface area contributed by atoms with Crippen molar-refractivity contribution >= 4 is 28.3 Å². The molecule has 0 radical (unpaired) electrons. The lowest BCUT2D eigenvalue weighted by atomic mass is 10.1. The highest BCUT2D eigenvalue weighted by molar-refractivity contribution is 6.30. The summed E-state index contributed by atoms with van der Waals surface area (Å²) in [6.07, 6.45) is 0. The van der Waals surface area contributed by atoms with E-state index in [1.807, 2.05) is 49.4 Å². The third kappa shape index (κ3) is 4.67. The maximum Gasteiger partial charge on any atom is 0.258 e. The number of hydrogen-bond acceptors (Lipinski definition) is 3. The topological polar surface area (TPSA) is 47.6 Å². The van der Waals surface area contributed by atoms with Crippen molar-refractivity contribution in [2.75, 3.05) is 19.8 Å². The molecule has 26 heavy (non-hydrogen) atoms. The summed E-state index contributed by atoms with van der Waals surface area (Å²) in [5.41, 5.74) is 0.893. The van der Waals surface area contributed by atoms with E-state index in [4.69, 9.17) is 21.1 Å². The van der Waals surface area contributed by atoms with E-state index in [9.17, 15) is 4.79 Å². The van der Waals surface area contributed by atoms with Crippen LogP contribution < -0.4 is 14.8 Å². The van der Waals surface area contributed by atoms with E-state index in [2.05, 4.69) is 5.32 Å². The Morgan fingerprint density at radius 3 is 2.65 bits per heavy atom. The van der Waals surface area contributed by atoms with E-state index in [1.54, 1.807) is 18.2 Å². The van der Waals surface area contributed by atoms with Gasteiger partial charge in [-0.1, -0.05) is 48.0 Å². The van der Waals surface area contributed by atoms with Crippen LogP contribution in [-0.4, -0.2) is 25.7 Å². The van der Waals surface area contributed by atoms with E-state index < -0.39 is 0 Å². The Kier molecular flexibility index (Phi) is 5.97. The molecule has 5 heteroatoms. The second-order valence-electron chi connectivity index (χ2n) is 5.87. The van der Waals surface area contributed by atoms with E-state index in [-0.39, 0.29) is 12.5 Å². The van der Waals surface area contributed by atoms with Crippen molar-refractivity contribution in [3.05, 3.63) is 71.2 Å². The smallest absolute Gasteiger partial charge is 0.258 e. The fourth-order valence-corrected chi connectivity index (χ4v) is 2.87.